The Hall–Kier alpha value is -1.27. The average Bonchev–Trinajstić information content (AvgIpc) is 2.76. The zero-order chi connectivity index (χ0) is 12.3. The van der Waals surface area contributed by atoms with Crippen molar-refractivity contribution in [3.05, 3.63) is 33.7 Å². The molecule has 88 valence electrons. The van der Waals surface area contributed by atoms with Gasteiger partial charge in [0.25, 0.3) is 0 Å². The van der Waals surface area contributed by atoms with Gasteiger partial charge in [0.1, 0.15) is 10.0 Å². The number of carbonyl (C=O) groups is 1. The van der Waals surface area contributed by atoms with Crippen LogP contribution in [0, 0.1) is 0 Å². The molecule has 1 heterocycles. The third-order valence-corrected chi connectivity index (χ3v) is 3.67. The van der Waals surface area contributed by atoms with Crippen LogP contribution in [-0.4, -0.2) is 21.3 Å². The number of aryl methyl sites for hydroxylation is 1. The zero-order valence-corrected chi connectivity index (χ0v) is 11.2. The predicted octanol–water partition coefficient (Wildman–Crippen LogP) is 2.98. The molecule has 0 unspecified atom stereocenters. The molecule has 2 rings (SSSR count). The molecular weight excluding hydrogens is 304 g/mol. The zero-order valence-electron chi connectivity index (χ0n) is 8.76. The number of aromatic nitrogens is 2. The molecular formula is C11H9BrN2O2S. The normalized spacial score (nSPS) is 10.4. The van der Waals surface area contributed by atoms with Gasteiger partial charge in [-0.15, -0.1) is 10.2 Å². The van der Waals surface area contributed by atoms with Crippen molar-refractivity contribution in [2.45, 2.75) is 12.8 Å². The largest absolute Gasteiger partial charge is 0.481 e. The first-order chi connectivity index (χ1) is 8.15. The number of nitrogens with zero attached hydrogens (tertiary/aromatic N) is 2. The van der Waals surface area contributed by atoms with E-state index in [4.69, 9.17) is 5.11 Å². The SMILES string of the molecule is O=C(O)CCc1nnc(-c2ccc(Br)cc2)s1. The maximum absolute atomic E-state index is 10.4. The molecule has 6 heteroatoms. The molecule has 0 aliphatic carbocycles. The highest BCUT2D eigenvalue weighted by molar-refractivity contribution is 9.10. The van der Waals surface area contributed by atoms with E-state index in [1.54, 1.807) is 0 Å². The van der Waals surface area contributed by atoms with Gasteiger partial charge in [-0.3, -0.25) is 4.79 Å². The molecule has 1 aromatic heterocycles. The van der Waals surface area contributed by atoms with Crippen LogP contribution < -0.4 is 0 Å². The lowest BCUT2D eigenvalue weighted by molar-refractivity contribution is -0.136. The van der Waals surface area contributed by atoms with Crippen molar-refractivity contribution in [2.75, 3.05) is 0 Å². The minimum Gasteiger partial charge on any atom is -0.481 e. The molecule has 0 bridgehead atoms. The summed E-state index contributed by atoms with van der Waals surface area (Å²) in [5.74, 6) is -0.814. The first-order valence-electron chi connectivity index (χ1n) is 4.95. The highest BCUT2D eigenvalue weighted by Gasteiger charge is 2.08. The number of aliphatic carboxylic acids is 1. The van der Waals surface area contributed by atoms with Gasteiger partial charge in [-0.25, -0.2) is 0 Å². The Morgan fingerprint density at radius 1 is 1.29 bits per heavy atom. The Labute approximate surface area is 110 Å². The van der Waals surface area contributed by atoms with Crippen LogP contribution in [0.1, 0.15) is 11.4 Å². The van der Waals surface area contributed by atoms with E-state index in [9.17, 15) is 4.79 Å². The fourth-order valence-electron chi connectivity index (χ4n) is 1.28. The van der Waals surface area contributed by atoms with Crippen LogP contribution in [0.2, 0.25) is 0 Å². The van der Waals surface area contributed by atoms with Gasteiger partial charge < -0.3 is 5.11 Å². The summed E-state index contributed by atoms with van der Waals surface area (Å²) in [5, 5.41) is 18.2. The molecule has 0 spiro atoms. The molecule has 2 aromatic rings. The summed E-state index contributed by atoms with van der Waals surface area (Å²) >= 11 is 4.80. The lowest BCUT2D eigenvalue weighted by Crippen LogP contribution is -1.96. The van der Waals surface area contributed by atoms with Crippen LogP contribution in [0.4, 0.5) is 0 Å². The van der Waals surface area contributed by atoms with Gasteiger partial charge in [-0.05, 0) is 12.1 Å². The Kier molecular flexibility index (Phi) is 3.86. The van der Waals surface area contributed by atoms with Crippen LogP contribution in [0.25, 0.3) is 10.6 Å². The third-order valence-electron chi connectivity index (χ3n) is 2.11. The molecule has 0 aliphatic heterocycles. The summed E-state index contributed by atoms with van der Waals surface area (Å²) in [6.07, 6.45) is 0.526. The van der Waals surface area contributed by atoms with Crippen LogP contribution in [0.15, 0.2) is 28.7 Å². The van der Waals surface area contributed by atoms with Gasteiger partial charge in [-0.1, -0.05) is 39.4 Å². The number of benzene rings is 1. The first-order valence-corrected chi connectivity index (χ1v) is 6.56. The second-order valence-electron chi connectivity index (χ2n) is 3.40. The lowest BCUT2D eigenvalue weighted by Gasteiger charge is -1.94. The maximum Gasteiger partial charge on any atom is 0.303 e. The fourth-order valence-corrected chi connectivity index (χ4v) is 2.39. The summed E-state index contributed by atoms with van der Waals surface area (Å²) in [4.78, 5) is 10.4. The van der Waals surface area contributed by atoms with E-state index >= 15 is 0 Å². The van der Waals surface area contributed by atoms with Crippen LogP contribution >= 0.6 is 27.3 Å². The summed E-state index contributed by atoms with van der Waals surface area (Å²) in [6.45, 7) is 0. The predicted molar refractivity (Wildman–Crippen MR) is 69.0 cm³/mol. The molecule has 0 saturated carbocycles. The number of carboxylic acid groups (broad SMARTS) is 1. The van der Waals surface area contributed by atoms with Gasteiger partial charge >= 0.3 is 5.97 Å². The molecule has 0 saturated heterocycles. The quantitative estimate of drug-likeness (QED) is 0.942. The monoisotopic (exact) mass is 312 g/mol. The van der Waals surface area contributed by atoms with Crippen molar-refractivity contribution in [3.63, 3.8) is 0 Å². The molecule has 1 N–H and O–H groups in total. The molecule has 0 radical (unpaired) electrons. The molecule has 0 fully saturated rings. The molecule has 0 aliphatic rings. The van der Waals surface area contributed by atoms with E-state index in [1.807, 2.05) is 24.3 Å². The van der Waals surface area contributed by atoms with Crippen molar-refractivity contribution in [1.82, 2.24) is 10.2 Å². The van der Waals surface area contributed by atoms with Gasteiger partial charge in [0.2, 0.25) is 0 Å². The summed E-state index contributed by atoms with van der Waals surface area (Å²) in [5.41, 5.74) is 0.993. The number of halogens is 1. The fraction of sp³-hybridized carbons (Fsp3) is 0.182. The Morgan fingerprint density at radius 2 is 2.00 bits per heavy atom. The third kappa shape index (κ3) is 3.34. The van der Waals surface area contributed by atoms with E-state index in [0.29, 0.717) is 6.42 Å². The van der Waals surface area contributed by atoms with Gasteiger partial charge in [-0.2, -0.15) is 0 Å². The Morgan fingerprint density at radius 3 is 2.65 bits per heavy atom. The van der Waals surface area contributed by atoms with Crippen molar-refractivity contribution >= 4 is 33.2 Å². The van der Waals surface area contributed by atoms with Gasteiger partial charge in [0, 0.05) is 16.5 Å². The minimum absolute atomic E-state index is 0.0922. The molecule has 17 heavy (non-hydrogen) atoms. The van der Waals surface area contributed by atoms with E-state index in [-0.39, 0.29) is 6.42 Å². The van der Waals surface area contributed by atoms with Crippen molar-refractivity contribution < 1.29 is 9.90 Å². The van der Waals surface area contributed by atoms with E-state index in [2.05, 4.69) is 26.1 Å². The topological polar surface area (TPSA) is 63.1 Å². The van der Waals surface area contributed by atoms with Crippen molar-refractivity contribution in [3.8, 4) is 10.6 Å². The summed E-state index contributed by atoms with van der Waals surface area (Å²) in [7, 11) is 0. The molecule has 0 amide bonds. The van der Waals surface area contributed by atoms with Crippen molar-refractivity contribution in [1.29, 1.82) is 0 Å². The van der Waals surface area contributed by atoms with Crippen molar-refractivity contribution in [2.24, 2.45) is 0 Å². The average molecular weight is 313 g/mol. The van der Waals surface area contributed by atoms with E-state index in [1.165, 1.54) is 11.3 Å². The highest BCUT2D eigenvalue weighted by Crippen LogP contribution is 2.25. The Balaban J connectivity index is 2.12. The van der Waals surface area contributed by atoms with Crippen LogP contribution in [0.5, 0.6) is 0 Å². The van der Waals surface area contributed by atoms with Gasteiger partial charge in [0.15, 0.2) is 0 Å². The summed E-state index contributed by atoms with van der Waals surface area (Å²) in [6, 6.07) is 7.78. The first kappa shape index (κ1) is 12.2. The molecule has 1 aromatic carbocycles. The Bertz CT molecular complexity index is 525. The molecule has 4 nitrogen and oxygen atoms in total. The maximum atomic E-state index is 10.4. The smallest absolute Gasteiger partial charge is 0.303 e. The van der Waals surface area contributed by atoms with Crippen LogP contribution in [0.3, 0.4) is 0 Å². The highest BCUT2D eigenvalue weighted by atomic mass is 79.9. The minimum atomic E-state index is -0.814. The second kappa shape index (κ2) is 5.37. The lowest BCUT2D eigenvalue weighted by atomic mass is 10.2. The second-order valence-corrected chi connectivity index (χ2v) is 5.38. The number of carboxylic acids is 1. The van der Waals surface area contributed by atoms with Gasteiger partial charge in [0.05, 0.1) is 6.42 Å². The van der Waals surface area contributed by atoms with Crippen LogP contribution in [-0.2, 0) is 11.2 Å². The van der Waals surface area contributed by atoms with E-state index < -0.39 is 5.97 Å². The summed E-state index contributed by atoms with van der Waals surface area (Å²) < 4.78 is 1.01. The number of rotatable bonds is 4. The van der Waals surface area contributed by atoms with E-state index in [0.717, 1.165) is 20.1 Å². The number of hydrogen-bond donors (Lipinski definition) is 1. The standard InChI is InChI=1S/C11H9BrN2O2S/c12-8-3-1-7(2-4-8)11-14-13-9(17-11)5-6-10(15)16/h1-4H,5-6H2,(H,15,16). The number of hydrogen-bond acceptors (Lipinski definition) is 4. The molecule has 0 atom stereocenters.